The van der Waals surface area contributed by atoms with Crippen LogP contribution in [0.4, 0.5) is 0 Å². The molecule has 3 aromatic rings. The van der Waals surface area contributed by atoms with E-state index in [-0.39, 0.29) is 0 Å². The summed E-state index contributed by atoms with van der Waals surface area (Å²) in [5.74, 6) is 2.04. The second-order valence-electron chi connectivity index (χ2n) is 4.42. The van der Waals surface area contributed by atoms with Crippen molar-refractivity contribution in [3.63, 3.8) is 0 Å². The summed E-state index contributed by atoms with van der Waals surface area (Å²) in [5.41, 5.74) is 0. The van der Waals surface area contributed by atoms with Gasteiger partial charge in [0, 0.05) is 17.8 Å². The lowest BCUT2D eigenvalue weighted by molar-refractivity contribution is 0.508. The van der Waals surface area contributed by atoms with Crippen molar-refractivity contribution >= 4 is 21.4 Å². The Balaban J connectivity index is 1.89. The quantitative estimate of drug-likeness (QED) is 0.726. The molecule has 18 heavy (non-hydrogen) atoms. The van der Waals surface area contributed by atoms with E-state index >= 15 is 0 Å². The molecule has 3 heterocycles. The van der Waals surface area contributed by atoms with E-state index < -0.39 is 0 Å². The van der Waals surface area contributed by atoms with E-state index in [2.05, 4.69) is 50.4 Å². The van der Waals surface area contributed by atoms with Crippen LogP contribution in [0.15, 0.2) is 30.3 Å². The molecule has 4 rings (SSSR count). The first-order valence-corrected chi connectivity index (χ1v) is 6.85. The van der Waals surface area contributed by atoms with Crippen LogP contribution in [-0.2, 0) is 13.1 Å². The fourth-order valence-electron chi connectivity index (χ4n) is 2.37. The van der Waals surface area contributed by atoms with Crippen molar-refractivity contribution in [2.75, 3.05) is 6.54 Å². The Morgan fingerprint density at radius 3 is 3.11 bits per heavy atom. The first kappa shape index (κ1) is 10.2. The topological polar surface area (TPSA) is 42.7 Å². The zero-order valence-corrected chi connectivity index (χ0v) is 10.6. The second-order valence-corrected chi connectivity index (χ2v) is 5.50. The highest BCUT2D eigenvalue weighted by Gasteiger charge is 2.17. The monoisotopic (exact) mass is 256 g/mol. The SMILES string of the molecule is c1ccc2sc(-c3nnc4n3CCNC4)cc2c1. The van der Waals surface area contributed by atoms with Crippen LogP contribution in [0.2, 0.25) is 0 Å². The van der Waals surface area contributed by atoms with Gasteiger partial charge >= 0.3 is 0 Å². The minimum atomic E-state index is 0.817. The van der Waals surface area contributed by atoms with Crippen molar-refractivity contribution in [3.05, 3.63) is 36.2 Å². The molecule has 1 aliphatic heterocycles. The lowest BCUT2D eigenvalue weighted by Gasteiger charge is -2.15. The summed E-state index contributed by atoms with van der Waals surface area (Å²) in [4.78, 5) is 1.21. The van der Waals surface area contributed by atoms with Gasteiger partial charge in [-0.2, -0.15) is 0 Å². The number of hydrogen-bond acceptors (Lipinski definition) is 4. The molecule has 0 amide bonds. The van der Waals surface area contributed by atoms with Crippen molar-refractivity contribution in [1.29, 1.82) is 0 Å². The Labute approximate surface area is 108 Å². The van der Waals surface area contributed by atoms with Crippen LogP contribution in [-0.4, -0.2) is 21.3 Å². The lowest BCUT2D eigenvalue weighted by atomic mass is 10.2. The summed E-state index contributed by atoms with van der Waals surface area (Å²) >= 11 is 1.78. The van der Waals surface area contributed by atoms with Crippen LogP contribution in [0.25, 0.3) is 20.8 Å². The van der Waals surface area contributed by atoms with Crippen LogP contribution < -0.4 is 5.32 Å². The van der Waals surface area contributed by atoms with E-state index in [0.29, 0.717) is 0 Å². The van der Waals surface area contributed by atoms with Crippen LogP contribution in [0.3, 0.4) is 0 Å². The Kier molecular flexibility index (Phi) is 2.21. The molecular weight excluding hydrogens is 244 g/mol. The molecule has 0 saturated carbocycles. The highest BCUT2D eigenvalue weighted by atomic mass is 32.1. The number of thiophene rings is 1. The molecule has 5 heteroatoms. The lowest BCUT2D eigenvalue weighted by Crippen LogP contribution is -2.28. The molecule has 1 aromatic carbocycles. The highest BCUT2D eigenvalue weighted by molar-refractivity contribution is 7.22. The highest BCUT2D eigenvalue weighted by Crippen LogP contribution is 2.32. The van der Waals surface area contributed by atoms with E-state index in [4.69, 9.17) is 0 Å². The minimum Gasteiger partial charge on any atom is -0.308 e. The molecule has 0 fully saturated rings. The van der Waals surface area contributed by atoms with E-state index in [0.717, 1.165) is 31.3 Å². The van der Waals surface area contributed by atoms with Gasteiger partial charge in [0.15, 0.2) is 5.82 Å². The fraction of sp³-hybridized carbons (Fsp3) is 0.231. The van der Waals surface area contributed by atoms with Gasteiger partial charge in [0.25, 0.3) is 0 Å². The predicted molar refractivity (Wildman–Crippen MR) is 72.5 cm³/mol. The van der Waals surface area contributed by atoms with E-state index in [1.807, 2.05) is 0 Å². The van der Waals surface area contributed by atoms with Gasteiger partial charge in [0.1, 0.15) is 5.82 Å². The van der Waals surface area contributed by atoms with Crippen LogP contribution in [0.1, 0.15) is 5.82 Å². The van der Waals surface area contributed by atoms with Crippen molar-refractivity contribution in [2.45, 2.75) is 13.1 Å². The Morgan fingerprint density at radius 2 is 2.17 bits per heavy atom. The third-order valence-corrected chi connectivity index (χ3v) is 4.38. The Morgan fingerprint density at radius 1 is 1.22 bits per heavy atom. The number of nitrogens with zero attached hydrogens (tertiary/aromatic N) is 3. The van der Waals surface area contributed by atoms with Crippen molar-refractivity contribution in [2.24, 2.45) is 0 Å². The summed E-state index contributed by atoms with van der Waals surface area (Å²) < 4.78 is 3.53. The second kappa shape index (κ2) is 3.90. The van der Waals surface area contributed by atoms with Gasteiger partial charge in [0.05, 0.1) is 11.4 Å². The molecule has 90 valence electrons. The predicted octanol–water partition coefficient (Wildman–Crippen LogP) is 2.26. The molecular formula is C13H12N4S. The smallest absolute Gasteiger partial charge is 0.174 e. The summed E-state index contributed by atoms with van der Waals surface area (Å²) in [6.45, 7) is 2.76. The van der Waals surface area contributed by atoms with Crippen molar-refractivity contribution < 1.29 is 0 Å². The van der Waals surface area contributed by atoms with Gasteiger partial charge in [0.2, 0.25) is 0 Å². The van der Waals surface area contributed by atoms with E-state index in [9.17, 15) is 0 Å². The van der Waals surface area contributed by atoms with E-state index in [1.54, 1.807) is 11.3 Å². The van der Waals surface area contributed by atoms with Gasteiger partial charge in [-0.25, -0.2) is 0 Å². The summed E-state index contributed by atoms with van der Waals surface area (Å²) in [7, 11) is 0. The number of aromatic nitrogens is 3. The molecule has 0 aliphatic carbocycles. The van der Waals surface area contributed by atoms with Crippen LogP contribution in [0, 0.1) is 0 Å². The number of rotatable bonds is 1. The molecule has 0 bridgehead atoms. The molecule has 0 spiro atoms. The summed E-state index contributed by atoms with van der Waals surface area (Å²) in [6.07, 6.45) is 0. The van der Waals surface area contributed by atoms with Gasteiger partial charge in [-0.05, 0) is 17.5 Å². The summed E-state index contributed by atoms with van der Waals surface area (Å²) in [5, 5.41) is 13.2. The molecule has 0 saturated heterocycles. The van der Waals surface area contributed by atoms with Crippen LogP contribution in [0.5, 0.6) is 0 Å². The number of benzene rings is 1. The zero-order chi connectivity index (χ0) is 11.9. The number of hydrogen-bond donors (Lipinski definition) is 1. The molecule has 1 N–H and O–H groups in total. The standard InChI is InChI=1S/C13H12N4S/c1-2-4-10-9(3-1)7-11(18-10)13-16-15-12-8-14-5-6-17(12)13/h1-4,7,14H,5-6,8H2. The molecule has 0 atom stereocenters. The maximum atomic E-state index is 4.35. The third-order valence-electron chi connectivity index (χ3n) is 3.27. The normalized spacial score (nSPS) is 14.9. The maximum Gasteiger partial charge on any atom is 0.174 e. The summed E-state index contributed by atoms with van der Waals surface area (Å²) in [6, 6.07) is 10.6. The van der Waals surface area contributed by atoms with Gasteiger partial charge < -0.3 is 9.88 Å². The van der Waals surface area contributed by atoms with E-state index in [1.165, 1.54) is 15.0 Å². The average Bonchev–Trinajstić information content (AvgIpc) is 3.02. The first-order chi connectivity index (χ1) is 8.92. The molecule has 0 unspecified atom stereocenters. The Bertz CT molecular complexity index is 680. The average molecular weight is 256 g/mol. The van der Waals surface area contributed by atoms with Gasteiger partial charge in [-0.15, -0.1) is 21.5 Å². The third kappa shape index (κ3) is 1.48. The Hall–Kier alpha value is -1.72. The minimum absolute atomic E-state index is 0.817. The molecule has 2 aromatic heterocycles. The largest absolute Gasteiger partial charge is 0.308 e. The van der Waals surface area contributed by atoms with Gasteiger partial charge in [-0.3, -0.25) is 0 Å². The number of nitrogens with one attached hydrogen (secondary N) is 1. The van der Waals surface area contributed by atoms with Gasteiger partial charge in [-0.1, -0.05) is 18.2 Å². The first-order valence-electron chi connectivity index (χ1n) is 6.03. The molecule has 1 aliphatic rings. The van der Waals surface area contributed by atoms with Crippen LogP contribution >= 0.6 is 11.3 Å². The maximum absolute atomic E-state index is 4.35. The zero-order valence-electron chi connectivity index (χ0n) is 9.76. The number of fused-ring (bicyclic) bond motifs is 2. The molecule has 4 nitrogen and oxygen atoms in total. The fourth-order valence-corrected chi connectivity index (χ4v) is 3.42. The van der Waals surface area contributed by atoms with Crippen molar-refractivity contribution in [1.82, 2.24) is 20.1 Å². The molecule has 0 radical (unpaired) electrons. The van der Waals surface area contributed by atoms with Crippen molar-refractivity contribution in [3.8, 4) is 10.7 Å².